The van der Waals surface area contributed by atoms with Crippen molar-refractivity contribution < 1.29 is 81.4 Å². The molecule has 0 N–H and O–H groups in total. The van der Waals surface area contributed by atoms with Crippen molar-refractivity contribution in [2.75, 3.05) is 24.7 Å². The number of amides is 11. The summed E-state index contributed by atoms with van der Waals surface area (Å²) in [6, 6.07) is 28.6. The molecule has 25 atom stereocenters. The van der Waals surface area contributed by atoms with Crippen LogP contribution in [0.4, 0.5) is 5.69 Å². The number of anilines is 1. The summed E-state index contributed by atoms with van der Waals surface area (Å²) in [6.07, 6.45) is 2.57. The number of nitrogens with zero attached hydrogens (tertiary/aromatic N) is 4. The number of Topliss-reactive ketones (excluding diaryl/α,β-unsaturated/α-hetero) is 4. The zero-order valence-electron chi connectivity index (χ0n) is 62.8. The molecule has 11 amide bonds. The van der Waals surface area contributed by atoms with E-state index >= 15 is 0 Å². The highest BCUT2D eigenvalue weighted by Gasteiger charge is 2.74. The summed E-state index contributed by atoms with van der Waals surface area (Å²) in [7, 11) is 0. The summed E-state index contributed by atoms with van der Waals surface area (Å²) >= 11 is 0. The predicted molar refractivity (Wildman–Crippen MR) is 384 cm³/mol. The van der Waals surface area contributed by atoms with Gasteiger partial charge in [-0.1, -0.05) is 143 Å². The summed E-state index contributed by atoms with van der Waals surface area (Å²) in [4.78, 5) is 203. The van der Waals surface area contributed by atoms with Gasteiger partial charge in [0, 0.05) is 62.9 Å². The van der Waals surface area contributed by atoms with Gasteiger partial charge in [-0.2, -0.15) is 0 Å². The van der Waals surface area contributed by atoms with Crippen molar-refractivity contribution in [3.63, 3.8) is 0 Å². The van der Waals surface area contributed by atoms with E-state index in [-0.39, 0.29) is 88.4 Å². The molecule has 558 valence electrons. The lowest BCUT2D eigenvalue weighted by atomic mass is 9.58. The molecule has 11 aliphatic rings. The first-order valence-corrected chi connectivity index (χ1v) is 37.8. The second-order valence-electron chi connectivity index (χ2n) is 33.0. The van der Waals surface area contributed by atoms with Gasteiger partial charge < -0.3 is 9.47 Å². The van der Waals surface area contributed by atoms with Crippen molar-refractivity contribution in [2.45, 2.75) is 146 Å². The molecule has 0 radical (unpaired) electrons. The Kier molecular flexibility index (Phi) is 20.3. The molecule has 5 heterocycles. The van der Waals surface area contributed by atoms with E-state index in [1.54, 1.807) is 32.9 Å². The van der Waals surface area contributed by atoms with Gasteiger partial charge in [-0.25, -0.2) is 19.6 Å². The minimum Gasteiger partial charge on any atom is -0.378 e. The molecule has 15 rings (SSSR count). The average molecular weight is 1450 g/mol. The summed E-state index contributed by atoms with van der Waals surface area (Å²) in [5, 5.41) is 0. The molecule has 4 aromatic carbocycles. The number of aryl methyl sites for hydroxylation is 5. The third-order valence-corrected chi connectivity index (χ3v) is 26.6. The van der Waals surface area contributed by atoms with Crippen LogP contribution in [0.25, 0.3) is 0 Å². The number of benzene rings is 4. The van der Waals surface area contributed by atoms with Gasteiger partial charge in [0.1, 0.15) is 17.9 Å². The van der Waals surface area contributed by atoms with Crippen molar-refractivity contribution in [1.82, 2.24) is 14.7 Å². The topological polar surface area (TPSA) is 291 Å². The fourth-order valence-corrected chi connectivity index (χ4v) is 21.9. The first kappa shape index (κ1) is 75.3. The van der Waals surface area contributed by atoms with E-state index in [0.29, 0.717) is 49.3 Å². The summed E-state index contributed by atoms with van der Waals surface area (Å²) in [6.45, 7) is 26.4. The number of carbonyl (C=O) groups is 15. The minimum absolute atomic E-state index is 0.0334. The predicted octanol–water partition coefficient (Wildman–Crippen LogP) is 9.57. The molecule has 6 saturated carbocycles. The van der Waals surface area contributed by atoms with Crippen LogP contribution >= 0.6 is 0 Å². The molecule has 5 aliphatic heterocycles. The zero-order chi connectivity index (χ0) is 76.6. The van der Waals surface area contributed by atoms with Crippen LogP contribution in [0.1, 0.15) is 150 Å². The number of hydrogen-bond donors (Lipinski definition) is 0. The van der Waals surface area contributed by atoms with Crippen LogP contribution in [-0.2, 0) is 81.4 Å². The molecule has 0 spiro atoms. The number of ether oxygens (including phenoxy) is 2. The molecular weight excluding hydrogens is 1350 g/mol. The van der Waals surface area contributed by atoms with Gasteiger partial charge in [0.15, 0.2) is 23.1 Å². The van der Waals surface area contributed by atoms with Gasteiger partial charge in [-0.05, 0) is 153 Å². The third-order valence-electron chi connectivity index (χ3n) is 26.6. The second-order valence-corrected chi connectivity index (χ2v) is 33.0. The number of hydrogen-bond acceptors (Lipinski definition) is 17. The Morgan fingerprint density at radius 3 is 1.44 bits per heavy atom. The van der Waals surface area contributed by atoms with Crippen LogP contribution in [0.5, 0.6) is 0 Å². The Labute approximate surface area is 618 Å². The smallest absolute Gasteiger partial charge is 0.240 e. The first-order valence-electron chi connectivity index (χ1n) is 37.8. The van der Waals surface area contributed by atoms with E-state index in [0.717, 1.165) is 61.1 Å². The van der Waals surface area contributed by atoms with Crippen LogP contribution in [0.3, 0.4) is 0 Å². The third kappa shape index (κ3) is 12.4. The number of imide groups is 10. The summed E-state index contributed by atoms with van der Waals surface area (Å²) in [5.41, 5.74) is 7.81. The van der Waals surface area contributed by atoms with E-state index < -0.39 is 148 Å². The van der Waals surface area contributed by atoms with Gasteiger partial charge in [0.05, 0.1) is 54.4 Å². The molecular formula is C85H96N4O17. The lowest BCUT2D eigenvalue weighted by molar-refractivity contribution is -0.152. The number of fused-ring (bicyclic) bond motifs is 10. The normalized spacial score (nSPS) is 35.2. The molecule has 0 aromatic heterocycles. The van der Waals surface area contributed by atoms with Crippen LogP contribution in [0.15, 0.2) is 91.0 Å². The van der Waals surface area contributed by atoms with Gasteiger partial charge in [-0.15, -0.1) is 0 Å². The van der Waals surface area contributed by atoms with Gasteiger partial charge in [-0.3, -0.25) is 71.9 Å². The largest absolute Gasteiger partial charge is 0.378 e. The maximum atomic E-state index is 14.6. The van der Waals surface area contributed by atoms with Crippen LogP contribution < -0.4 is 4.90 Å². The standard InChI is InChI=1S/C38H39NO7.C31H38N2O7.C16H19NO3/c1-15-7-10-21(11-8-15)27-33(41)18(4)25(35(27)43)28-23-14-24(31-30(23)37(45)39(20(6)40)38(31)46)29(28)26-19(5)34(42)32(36(26)44)22-12-9-16(2)13-17(22)3;1-14-6-7-23(16(3)8-14)33-28(35)17(4)24(29(33)36)25-20(9-15(2)11-39-12-19-13-40-19)21-10-22(25)27-26(21)30(37)32(18(5)34)31(27)38;1-10(13-7-5-4-6-8-13)9-14-11(2)15(19)17(12(3)18)16(14)20/h7-13,18-19,23-32H,14H2,1-6H3;6-8,15,17,19-22,24-27H,9-13H2,1-5H3;4-8,10-11,14H,9H2,1-3H3. The van der Waals surface area contributed by atoms with Crippen LogP contribution in [0, 0.1) is 159 Å². The molecule has 106 heavy (non-hydrogen) atoms. The number of carbonyl (C=O) groups excluding carboxylic acids is 15. The van der Waals surface area contributed by atoms with Crippen LogP contribution in [-0.4, -0.2) is 129 Å². The molecule has 25 unspecified atom stereocenters. The first-order chi connectivity index (χ1) is 50.2. The highest BCUT2D eigenvalue weighted by atomic mass is 16.6. The van der Waals surface area contributed by atoms with Gasteiger partial charge in [0.25, 0.3) is 0 Å². The maximum absolute atomic E-state index is 14.6. The fourth-order valence-electron chi connectivity index (χ4n) is 21.9. The van der Waals surface area contributed by atoms with Crippen LogP contribution in [0.2, 0.25) is 0 Å². The Bertz CT molecular complexity index is 4410. The van der Waals surface area contributed by atoms with E-state index in [1.165, 1.54) is 25.7 Å². The lowest BCUT2D eigenvalue weighted by Gasteiger charge is -2.43. The van der Waals surface area contributed by atoms with E-state index in [2.05, 4.69) is 6.92 Å². The zero-order valence-corrected chi connectivity index (χ0v) is 62.8. The number of likely N-dealkylation sites (tertiary alicyclic amines) is 3. The monoisotopic (exact) mass is 1440 g/mol. The molecule has 6 aliphatic carbocycles. The molecule has 11 fully saturated rings. The lowest BCUT2D eigenvalue weighted by Crippen LogP contribution is -2.47. The minimum atomic E-state index is -0.954. The Balaban J connectivity index is 0.000000151. The van der Waals surface area contributed by atoms with Gasteiger partial charge in [0.2, 0.25) is 65.0 Å². The average Bonchev–Trinajstić information content (AvgIpc) is 1.52. The summed E-state index contributed by atoms with van der Waals surface area (Å²) in [5.74, 6) is -17.4. The van der Waals surface area contributed by atoms with E-state index in [9.17, 15) is 71.9 Å². The van der Waals surface area contributed by atoms with Crippen molar-refractivity contribution in [2.24, 2.45) is 124 Å². The van der Waals surface area contributed by atoms with Crippen molar-refractivity contribution in [1.29, 1.82) is 0 Å². The van der Waals surface area contributed by atoms with E-state index in [4.69, 9.17) is 9.47 Å². The molecule has 21 heteroatoms. The maximum Gasteiger partial charge on any atom is 0.240 e. The van der Waals surface area contributed by atoms with Crippen molar-refractivity contribution in [3.8, 4) is 0 Å². The number of ketones is 4. The Hall–Kier alpha value is -8.95. The highest BCUT2D eigenvalue weighted by molar-refractivity contribution is 6.23. The quantitative estimate of drug-likeness (QED) is 0.0608. The highest BCUT2D eigenvalue weighted by Crippen LogP contribution is 2.69. The molecule has 4 aromatic rings. The molecule has 21 nitrogen and oxygen atoms in total. The van der Waals surface area contributed by atoms with Crippen molar-refractivity contribution >= 4 is 93.8 Å². The van der Waals surface area contributed by atoms with E-state index in [1.807, 2.05) is 127 Å². The summed E-state index contributed by atoms with van der Waals surface area (Å²) < 4.78 is 11.1. The SMILES string of the molecule is CC(=O)N1C(=O)C(C)C(CC(C)c2ccccc2)C1=O.CC(=O)N1C(=O)C2C3CC(C2C1=O)C(C1C(=O)C(c2ccc(C)cc2C)C(=O)C1C)C3C1C(=O)C(c2ccc(C)cc2)C(=O)C1C.CC(=O)N1C(=O)C2C3CC(C2C1=O)C(C1C(=O)N(c2ccc(C)cc2C)C(=O)C1C)C3CC(C)COCC1CO1. The number of epoxide rings is 1. The molecule has 5 saturated heterocycles. The van der Waals surface area contributed by atoms with Crippen molar-refractivity contribution in [3.05, 3.63) is 136 Å². The number of rotatable bonds is 15. The molecule has 4 bridgehead atoms. The van der Waals surface area contributed by atoms with Gasteiger partial charge >= 0.3 is 0 Å². The second kappa shape index (κ2) is 28.6. The fraction of sp³-hybridized carbons (Fsp3) is 0.541. The Morgan fingerprint density at radius 1 is 0.462 bits per heavy atom. The Morgan fingerprint density at radius 2 is 0.934 bits per heavy atom.